The highest BCUT2D eigenvalue weighted by atomic mass is 35.5. The third-order valence-corrected chi connectivity index (χ3v) is 2.89. The predicted molar refractivity (Wildman–Crippen MR) is 63.7 cm³/mol. The smallest absolute Gasteiger partial charge is 0.134 e. The first-order valence-electron chi connectivity index (χ1n) is 5.67. The van der Waals surface area contributed by atoms with Gasteiger partial charge in [-0.15, -0.1) is 0 Å². The van der Waals surface area contributed by atoms with Crippen molar-refractivity contribution < 1.29 is 4.74 Å². The summed E-state index contributed by atoms with van der Waals surface area (Å²) in [5, 5.41) is 3.68. The Balaban J connectivity index is 1.71. The zero-order chi connectivity index (χ0) is 11.2. The van der Waals surface area contributed by atoms with Crippen LogP contribution in [-0.4, -0.2) is 29.2 Å². The molecule has 1 aliphatic heterocycles. The zero-order valence-electron chi connectivity index (χ0n) is 9.16. The van der Waals surface area contributed by atoms with E-state index in [0.717, 1.165) is 25.4 Å². The average molecular weight is 242 g/mol. The second kappa shape index (κ2) is 6.01. The highest BCUT2D eigenvalue weighted by Crippen LogP contribution is 2.16. The normalized spacial score (nSPS) is 20.7. The molecule has 1 N–H and O–H groups in total. The standard InChI is InChI=1S/C11H16ClN3O/c12-10-7-11(15-8-14-10)13-5-4-9-3-1-2-6-16-9/h7-9H,1-6H2,(H,13,14,15). The summed E-state index contributed by atoms with van der Waals surface area (Å²) in [6.07, 6.45) is 6.53. The first-order chi connectivity index (χ1) is 7.84. The number of nitrogens with zero attached hydrogens (tertiary/aromatic N) is 2. The molecule has 1 fully saturated rings. The summed E-state index contributed by atoms with van der Waals surface area (Å²) in [6, 6.07) is 1.73. The average Bonchev–Trinajstić information content (AvgIpc) is 2.30. The maximum absolute atomic E-state index is 5.76. The minimum atomic E-state index is 0.401. The number of halogens is 1. The summed E-state index contributed by atoms with van der Waals surface area (Å²) in [4.78, 5) is 7.90. The number of nitrogens with one attached hydrogen (secondary N) is 1. The van der Waals surface area contributed by atoms with Gasteiger partial charge in [0, 0.05) is 19.2 Å². The molecule has 0 amide bonds. The fourth-order valence-corrected chi connectivity index (χ4v) is 1.97. The largest absolute Gasteiger partial charge is 0.378 e. The molecular formula is C11H16ClN3O. The van der Waals surface area contributed by atoms with Gasteiger partial charge >= 0.3 is 0 Å². The van der Waals surface area contributed by atoms with E-state index in [4.69, 9.17) is 16.3 Å². The summed E-state index contributed by atoms with van der Waals surface area (Å²) in [5.74, 6) is 0.774. The van der Waals surface area contributed by atoms with Gasteiger partial charge in [-0.3, -0.25) is 0 Å². The Hall–Kier alpha value is -0.870. The van der Waals surface area contributed by atoms with Crippen LogP contribution in [0.4, 0.5) is 5.82 Å². The van der Waals surface area contributed by atoms with Crippen molar-refractivity contribution in [3.05, 3.63) is 17.5 Å². The zero-order valence-corrected chi connectivity index (χ0v) is 9.91. The Morgan fingerprint density at radius 1 is 1.44 bits per heavy atom. The van der Waals surface area contributed by atoms with E-state index in [2.05, 4.69) is 15.3 Å². The molecule has 16 heavy (non-hydrogen) atoms. The number of ether oxygens (including phenoxy) is 1. The first kappa shape index (κ1) is 11.6. The summed E-state index contributed by atoms with van der Waals surface area (Å²) in [6.45, 7) is 1.77. The van der Waals surface area contributed by atoms with Crippen molar-refractivity contribution in [1.29, 1.82) is 0 Å². The van der Waals surface area contributed by atoms with Crippen molar-refractivity contribution >= 4 is 17.4 Å². The van der Waals surface area contributed by atoms with Crippen molar-refractivity contribution in [3.8, 4) is 0 Å². The van der Waals surface area contributed by atoms with E-state index in [0.29, 0.717) is 11.3 Å². The van der Waals surface area contributed by atoms with Crippen LogP contribution in [-0.2, 0) is 4.74 Å². The molecule has 5 heteroatoms. The lowest BCUT2D eigenvalue weighted by atomic mass is 10.1. The van der Waals surface area contributed by atoms with Crippen molar-refractivity contribution in [2.75, 3.05) is 18.5 Å². The third kappa shape index (κ3) is 3.61. The van der Waals surface area contributed by atoms with E-state index in [-0.39, 0.29) is 0 Å². The van der Waals surface area contributed by atoms with Crippen LogP contribution in [0.15, 0.2) is 12.4 Å². The number of rotatable bonds is 4. The van der Waals surface area contributed by atoms with Crippen molar-refractivity contribution in [2.45, 2.75) is 31.8 Å². The van der Waals surface area contributed by atoms with Gasteiger partial charge in [0.1, 0.15) is 17.3 Å². The molecule has 1 unspecified atom stereocenters. The summed E-state index contributed by atoms with van der Waals surface area (Å²) < 4.78 is 5.64. The molecule has 0 bridgehead atoms. The van der Waals surface area contributed by atoms with Crippen LogP contribution in [0.2, 0.25) is 5.15 Å². The van der Waals surface area contributed by atoms with Gasteiger partial charge in [0.2, 0.25) is 0 Å². The number of hydrogen-bond donors (Lipinski definition) is 1. The molecule has 0 spiro atoms. The minimum absolute atomic E-state index is 0.401. The predicted octanol–water partition coefficient (Wildman–Crippen LogP) is 2.50. The van der Waals surface area contributed by atoms with E-state index in [1.807, 2.05) is 0 Å². The maximum Gasteiger partial charge on any atom is 0.134 e. The summed E-state index contributed by atoms with van der Waals surface area (Å²) in [7, 11) is 0. The van der Waals surface area contributed by atoms with Gasteiger partial charge in [0.15, 0.2) is 0 Å². The molecule has 1 aromatic heterocycles. The lowest BCUT2D eigenvalue weighted by Crippen LogP contribution is -2.22. The monoisotopic (exact) mass is 241 g/mol. The van der Waals surface area contributed by atoms with Crippen LogP contribution in [0.1, 0.15) is 25.7 Å². The van der Waals surface area contributed by atoms with Gasteiger partial charge in [0.25, 0.3) is 0 Å². The van der Waals surface area contributed by atoms with Gasteiger partial charge in [0.05, 0.1) is 6.10 Å². The molecule has 0 aromatic carbocycles. The molecule has 88 valence electrons. The SMILES string of the molecule is Clc1cc(NCCC2CCCCO2)ncn1. The Morgan fingerprint density at radius 3 is 3.12 bits per heavy atom. The highest BCUT2D eigenvalue weighted by Gasteiger charge is 2.12. The molecule has 2 rings (SSSR count). The highest BCUT2D eigenvalue weighted by molar-refractivity contribution is 6.29. The molecule has 0 saturated carbocycles. The molecular weight excluding hydrogens is 226 g/mol. The first-order valence-corrected chi connectivity index (χ1v) is 6.05. The van der Waals surface area contributed by atoms with Crippen LogP contribution in [0.3, 0.4) is 0 Å². The summed E-state index contributed by atoms with van der Waals surface area (Å²) in [5.41, 5.74) is 0. The van der Waals surface area contributed by atoms with E-state index >= 15 is 0 Å². The van der Waals surface area contributed by atoms with Crippen LogP contribution < -0.4 is 5.32 Å². The van der Waals surface area contributed by atoms with E-state index < -0.39 is 0 Å². The van der Waals surface area contributed by atoms with Crippen LogP contribution in [0, 0.1) is 0 Å². The van der Waals surface area contributed by atoms with E-state index in [1.54, 1.807) is 6.07 Å². The molecule has 0 radical (unpaired) electrons. The Morgan fingerprint density at radius 2 is 2.38 bits per heavy atom. The number of anilines is 1. The van der Waals surface area contributed by atoms with Gasteiger partial charge in [-0.25, -0.2) is 9.97 Å². The molecule has 1 aliphatic rings. The van der Waals surface area contributed by atoms with Gasteiger partial charge < -0.3 is 10.1 Å². The quantitative estimate of drug-likeness (QED) is 0.823. The van der Waals surface area contributed by atoms with Crippen molar-refractivity contribution in [3.63, 3.8) is 0 Å². The molecule has 2 heterocycles. The molecule has 1 saturated heterocycles. The Kier molecular flexibility index (Phi) is 4.36. The minimum Gasteiger partial charge on any atom is -0.378 e. The molecule has 4 nitrogen and oxygen atoms in total. The fourth-order valence-electron chi connectivity index (χ4n) is 1.83. The van der Waals surface area contributed by atoms with Crippen LogP contribution >= 0.6 is 11.6 Å². The van der Waals surface area contributed by atoms with Gasteiger partial charge in [-0.2, -0.15) is 0 Å². The third-order valence-electron chi connectivity index (χ3n) is 2.68. The molecule has 0 aliphatic carbocycles. The lowest BCUT2D eigenvalue weighted by Gasteiger charge is -2.22. The Bertz CT molecular complexity index is 329. The maximum atomic E-state index is 5.76. The van der Waals surface area contributed by atoms with E-state index in [9.17, 15) is 0 Å². The van der Waals surface area contributed by atoms with Gasteiger partial charge in [-0.1, -0.05) is 11.6 Å². The topological polar surface area (TPSA) is 47.0 Å². The van der Waals surface area contributed by atoms with Crippen molar-refractivity contribution in [2.24, 2.45) is 0 Å². The Labute approximate surface area is 100 Å². The number of aromatic nitrogens is 2. The van der Waals surface area contributed by atoms with E-state index in [1.165, 1.54) is 25.6 Å². The second-order valence-electron chi connectivity index (χ2n) is 3.93. The van der Waals surface area contributed by atoms with Gasteiger partial charge in [-0.05, 0) is 25.7 Å². The van der Waals surface area contributed by atoms with Crippen LogP contribution in [0.25, 0.3) is 0 Å². The molecule has 1 aromatic rings. The summed E-state index contributed by atoms with van der Waals surface area (Å²) >= 11 is 5.76. The van der Waals surface area contributed by atoms with Crippen LogP contribution in [0.5, 0.6) is 0 Å². The second-order valence-corrected chi connectivity index (χ2v) is 4.32. The van der Waals surface area contributed by atoms with Crippen molar-refractivity contribution in [1.82, 2.24) is 9.97 Å². The lowest BCUT2D eigenvalue weighted by molar-refractivity contribution is 0.0134. The molecule has 1 atom stereocenters. The number of hydrogen-bond acceptors (Lipinski definition) is 4. The fraction of sp³-hybridized carbons (Fsp3) is 0.636.